The molecule has 2 rings (SSSR count). The van der Waals surface area contributed by atoms with E-state index in [1.54, 1.807) is 12.1 Å². The van der Waals surface area contributed by atoms with Crippen molar-refractivity contribution in [2.45, 2.75) is 38.8 Å². The van der Waals surface area contributed by atoms with Gasteiger partial charge in [0, 0.05) is 0 Å². The van der Waals surface area contributed by atoms with Gasteiger partial charge in [-0.1, -0.05) is 25.5 Å². The first-order chi connectivity index (χ1) is 9.90. The molecule has 0 radical (unpaired) electrons. The first kappa shape index (κ1) is 16.3. The number of benzene rings is 1. The quantitative estimate of drug-likeness (QED) is 0.862. The molecule has 1 fully saturated rings. The Bertz CT molecular complexity index is 438. The van der Waals surface area contributed by atoms with E-state index in [4.69, 9.17) is 0 Å². The van der Waals surface area contributed by atoms with Crippen LogP contribution in [0, 0.1) is 17.8 Å². The maximum Gasteiger partial charge on any atom is 0.416 e. The fourth-order valence-electron chi connectivity index (χ4n) is 3.47. The zero-order chi connectivity index (χ0) is 15.5. The predicted molar refractivity (Wildman–Crippen MR) is 79.1 cm³/mol. The molecule has 3 unspecified atom stereocenters. The molecule has 0 aromatic heterocycles. The minimum atomic E-state index is -4.24. The number of nitrogens with one attached hydrogen (secondary N) is 1. The molecule has 1 aromatic rings. The monoisotopic (exact) mass is 299 g/mol. The van der Waals surface area contributed by atoms with Crippen molar-refractivity contribution in [2.24, 2.45) is 17.8 Å². The zero-order valence-corrected chi connectivity index (χ0v) is 12.7. The third-order valence-electron chi connectivity index (χ3n) is 4.65. The summed E-state index contributed by atoms with van der Waals surface area (Å²) in [6.07, 6.45) is 0.290. The lowest BCUT2D eigenvalue weighted by Gasteiger charge is -2.35. The second kappa shape index (κ2) is 6.82. The molecular formula is C17H24F3N. The number of halogens is 3. The van der Waals surface area contributed by atoms with Crippen LogP contribution in [-0.2, 0) is 12.6 Å². The summed E-state index contributed by atoms with van der Waals surface area (Å²) < 4.78 is 37.8. The van der Waals surface area contributed by atoms with Gasteiger partial charge in [0.1, 0.15) is 0 Å². The summed E-state index contributed by atoms with van der Waals surface area (Å²) in [6, 6.07) is 5.68. The molecule has 0 heterocycles. The highest BCUT2D eigenvalue weighted by molar-refractivity contribution is 5.25. The van der Waals surface area contributed by atoms with Gasteiger partial charge in [0.15, 0.2) is 0 Å². The molecule has 0 spiro atoms. The van der Waals surface area contributed by atoms with E-state index in [0.29, 0.717) is 11.8 Å². The van der Waals surface area contributed by atoms with Gasteiger partial charge in [-0.25, -0.2) is 0 Å². The normalized spacial score (nSPS) is 26.8. The van der Waals surface area contributed by atoms with Gasteiger partial charge in [-0.2, -0.15) is 13.2 Å². The molecule has 1 nitrogen and oxygen atoms in total. The summed E-state index contributed by atoms with van der Waals surface area (Å²) in [4.78, 5) is 0. The summed E-state index contributed by atoms with van der Waals surface area (Å²) in [5.41, 5.74) is 0.457. The van der Waals surface area contributed by atoms with Crippen LogP contribution in [0.5, 0.6) is 0 Å². The Morgan fingerprint density at radius 1 is 1.10 bits per heavy atom. The van der Waals surface area contributed by atoms with Crippen LogP contribution in [0.25, 0.3) is 0 Å². The van der Waals surface area contributed by atoms with E-state index < -0.39 is 11.7 Å². The molecule has 3 atom stereocenters. The summed E-state index contributed by atoms with van der Waals surface area (Å²) >= 11 is 0. The number of hydrogen-bond acceptors (Lipinski definition) is 1. The fraction of sp³-hybridized carbons (Fsp3) is 0.647. The molecule has 1 saturated carbocycles. The van der Waals surface area contributed by atoms with Crippen LogP contribution < -0.4 is 5.32 Å². The van der Waals surface area contributed by atoms with Crippen molar-refractivity contribution in [2.75, 3.05) is 13.6 Å². The minimum Gasteiger partial charge on any atom is -0.319 e. The molecule has 1 aliphatic carbocycles. The molecule has 0 saturated heterocycles. The highest BCUT2D eigenvalue weighted by Crippen LogP contribution is 2.36. The Hall–Kier alpha value is -1.03. The average Bonchev–Trinajstić information content (AvgIpc) is 2.42. The molecule has 0 amide bonds. The van der Waals surface area contributed by atoms with Crippen LogP contribution >= 0.6 is 0 Å². The van der Waals surface area contributed by atoms with Crippen LogP contribution in [0.3, 0.4) is 0 Å². The molecule has 0 aliphatic heterocycles. The van der Waals surface area contributed by atoms with Gasteiger partial charge in [-0.3, -0.25) is 0 Å². The van der Waals surface area contributed by atoms with Gasteiger partial charge in [0.05, 0.1) is 5.56 Å². The fourth-order valence-corrected chi connectivity index (χ4v) is 3.47. The Kier molecular flexibility index (Phi) is 5.31. The predicted octanol–water partition coefficient (Wildman–Crippen LogP) is 4.52. The van der Waals surface area contributed by atoms with Gasteiger partial charge in [-0.15, -0.1) is 0 Å². The van der Waals surface area contributed by atoms with E-state index >= 15 is 0 Å². The number of rotatable bonds is 4. The highest BCUT2D eigenvalue weighted by Gasteiger charge is 2.31. The second-order valence-electron chi connectivity index (χ2n) is 6.39. The van der Waals surface area contributed by atoms with Crippen LogP contribution in [0.2, 0.25) is 0 Å². The maximum absolute atomic E-state index is 12.6. The van der Waals surface area contributed by atoms with Crippen molar-refractivity contribution in [3.63, 3.8) is 0 Å². The highest BCUT2D eigenvalue weighted by atomic mass is 19.4. The Balaban J connectivity index is 2.04. The lowest BCUT2D eigenvalue weighted by Crippen LogP contribution is -2.32. The molecule has 21 heavy (non-hydrogen) atoms. The zero-order valence-electron chi connectivity index (χ0n) is 12.7. The SMILES string of the molecule is CNCC1CCC(C)CC1Cc1ccc(C(F)(F)F)cc1. The van der Waals surface area contributed by atoms with Crippen molar-refractivity contribution in [1.82, 2.24) is 5.32 Å². The second-order valence-corrected chi connectivity index (χ2v) is 6.39. The molecule has 118 valence electrons. The largest absolute Gasteiger partial charge is 0.416 e. The third kappa shape index (κ3) is 4.47. The molecular weight excluding hydrogens is 275 g/mol. The van der Waals surface area contributed by atoms with Gasteiger partial charge in [0.2, 0.25) is 0 Å². The Morgan fingerprint density at radius 3 is 2.33 bits per heavy atom. The van der Waals surface area contributed by atoms with Crippen molar-refractivity contribution < 1.29 is 13.2 Å². The minimum absolute atomic E-state index is 0.560. The van der Waals surface area contributed by atoms with E-state index in [-0.39, 0.29) is 0 Å². The Labute approximate surface area is 124 Å². The van der Waals surface area contributed by atoms with E-state index in [2.05, 4.69) is 12.2 Å². The van der Waals surface area contributed by atoms with E-state index in [9.17, 15) is 13.2 Å². The molecule has 1 aromatic carbocycles. The van der Waals surface area contributed by atoms with Crippen LogP contribution in [0.1, 0.15) is 37.3 Å². The smallest absolute Gasteiger partial charge is 0.319 e. The summed E-state index contributed by atoms with van der Waals surface area (Å²) in [7, 11) is 1.97. The lowest BCUT2D eigenvalue weighted by atomic mass is 9.72. The van der Waals surface area contributed by atoms with Gasteiger partial charge in [0.25, 0.3) is 0 Å². The van der Waals surface area contributed by atoms with E-state index in [1.807, 2.05) is 7.05 Å². The summed E-state index contributed by atoms with van der Waals surface area (Å²) in [6.45, 7) is 3.27. The summed E-state index contributed by atoms with van der Waals surface area (Å²) in [5.74, 6) is 1.92. The van der Waals surface area contributed by atoms with Crippen LogP contribution in [0.4, 0.5) is 13.2 Å². The van der Waals surface area contributed by atoms with Crippen molar-refractivity contribution in [3.05, 3.63) is 35.4 Å². The van der Waals surface area contributed by atoms with Crippen molar-refractivity contribution >= 4 is 0 Å². The third-order valence-corrected chi connectivity index (χ3v) is 4.65. The van der Waals surface area contributed by atoms with E-state index in [1.165, 1.54) is 31.4 Å². The van der Waals surface area contributed by atoms with Gasteiger partial charge in [-0.05, 0) is 68.3 Å². The summed E-state index contributed by atoms with van der Waals surface area (Å²) in [5, 5.41) is 3.25. The van der Waals surface area contributed by atoms with Crippen LogP contribution in [-0.4, -0.2) is 13.6 Å². The van der Waals surface area contributed by atoms with Crippen molar-refractivity contribution in [3.8, 4) is 0 Å². The molecule has 4 heteroatoms. The molecule has 0 bridgehead atoms. The average molecular weight is 299 g/mol. The molecule has 1 aliphatic rings. The van der Waals surface area contributed by atoms with Crippen LogP contribution in [0.15, 0.2) is 24.3 Å². The number of alkyl halides is 3. The Morgan fingerprint density at radius 2 is 1.76 bits per heavy atom. The maximum atomic E-state index is 12.6. The van der Waals surface area contributed by atoms with E-state index in [0.717, 1.165) is 24.4 Å². The number of hydrogen-bond donors (Lipinski definition) is 1. The van der Waals surface area contributed by atoms with Crippen molar-refractivity contribution in [1.29, 1.82) is 0 Å². The molecule has 1 N–H and O–H groups in total. The first-order valence-electron chi connectivity index (χ1n) is 7.71. The first-order valence-corrected chi connectivity index (χ1v) is 7.71. The van der Waals surface area contributed by atoms with Gasteiger partial charge >= 0.3 is 6.18 Å². The topological polar surface area (TPSA) is 12.0 Å². The lowest BCUT2D eigenvalue weighted by molar-refractivity contribution is -0.137. The van der Waals surface area contributed by atoms with Gasteiger partial charge < -0.3 is 5.32 Å². The standard InChI is InChI=1S/C17H24F3N/c1-12-3-6-14(11-21-2)15(9-12)10-13-4-7-16(8-5-13)17(18,19)20/h4-5,7-8,12,14-15,21H,3,6,9-11H2,1-2H3.